The van der Waals surface area contributed by atoms with Gasteiger partial charge in [0.05, 0.1) is 29.7 Å². The highest BCUT2D eigenvalue weighted by molar-refractivity contribution is 7.86. The highest BCUT2D eigenvalue weighted by atomic mass is 35.5. The summed E-state index contributed by atoms with van der Waals surface area (Å²) in [6.45, 7) is 2.84. The van der Waals surface area contributed by atoms with Gasteiger partial charge in [-0.1, -0.05) is 48.0 Å². The summed E-state index contributed by atoms with van der Waals surface area (Å²) in [6.07, 6.45) is 4.27. The Kier molecular flexibility index (Phi) is 9.65. The molecule has 0 bridgehead atoms. The molecule has 37 heavy (non-hydrogen) atoms. The molecular formula is C27H29ClN2O6S. The summed E-state index contributed by atoms with van der Waals surface area (Å²) >= 11 is 6.02. The van der Waals surface area contributed by atoms with E-state index in [4.69, 9.17) is 16.3 Å². The van der Waals surface area contributed by atoms with Crippen molar-refractivity contribution in [1.29, 1.82) is 0 Å². The standard InChI is InChI=1S/C27H29ClN2O6S/c28-22-12-10-21(11-13-22)25-8-4-16-29-26(25)20-34-23-14-18-30(19-15-23)17-5-9-27(31)35-36-37(32,33)24-6-2-1-3-7-24/h1-4,6-8,10-13,16,23H,5,9,14-15,17-20H2. The van der Waals surface area contributed by atoms with Crippen molar-refractivity contribution < 1.29 is 27.2 Å². The Morgan fingerprint density at radius 3 is 2.46 bits per heavy atom. The molecule has 0 saturated carbocycles. The van der Waals surface area contributed by atoms with Crippen LogP contribution in [0.2, 0.25) is 5.02 Å². The molecule has 0 spiro atoms. The van der Waals surface area contributed by atoms with Gasteiger partial charge in [-0.2, -0.15) is 8.42 Å². The molecule has 0 aliphatic carbocycles. The third kappa shape index (κ3) is 8.08. The molecule has 10 heteroatoms. The number of hydrogen-bond donors (Lipinski definition) is 0. The number of hydrogen-bond acceptors (Lipinski definition) is 8. The first-order valence-electron chi connectivity index (χ1n) is 12.1. The van der Waals surface area contributed by atoms with E-state index in [1.54, 1.807) is 24.4 Å². The quantitative estimate of drug-likeness (QED) is 0.245. The van der Waals surface area contributed by atoms with E-state index in [9.17, 15) is 13.2 Å². The number of aromatic nitrogens is 1. The van der Waals surface area contributed by atoms with Gasteiger partial charge in [0.25, 0.3) is 0 Å². The van der Waals surface area contributed by atoms with Crippen LogP contribution in [-0.4, -0.2) is 50.0 Å². The zero-order chi connectivity index (χ0) is 26.1. The first-order chi connectivity index (χ1) is 17.9. The monoisotopic (exact) mass is 544 g/mol. The molecule has 2 heterocycles. The minimum Gasteiger partial charge on any atom is -0.372 e. The number of ether oxygens (including phenoxy) is 1. The van der Waals surface area contributed by atoms with Gasteiger partial charge >= 0.3 is 16.1 Å². The van der Waals surface area contributed by atoms with Gasteiger partial charge in [0, 0.05) is 29.9 Å². The lowest BCUT2D eigenvalue weighted by Gasteiger charge is -2.31. The van der Waals surface area contributed by atoms with E-state index in [-0.39, 0.29) is 17.4 Å². The number of nitrogens with zero attached hydrogens (tertiary/aromatic N) is 2. The van der Waals surface area contributed by atoms with Crippen molar-refractivity contribution in [1.82, 2.24) is 9.88 Å². The number of carbonyl (C=O) groups is 1. The number of carbonyl (C=O) groups excluding carboxylic acids is 1. The summed E-state index contributed by atoms with van der Waals surface area (Å²) in [6, 6.07) is 19.2. The van der Waals surface area contributed by atoms with Gasteiger partial charge in [0.15, 0.2) is 0 Å². The SMILES string of the molecule is O=C(CCCN1CCC(OCc2ncccc2-c2ccc(Cl)cc2)CC1)OOS(=O)(=O)c1ccccc1. The van der Waals surface area contributed by atoms with Crippen molar-refractivity contribution in [3.8, 4) is 11.1 Å². The highest BCUT2D eigenvalue weighted by Gasteiger charge is 2.22. The molecule has 4 rings (SSSR count). The largest absolute Gasteiger partial charge is 0.372 e. The van der Waals surface area contributed by atoms with Gasteiger partial charge in [-0.25, -0.2) is 4.79 Å². The lowest BCUT2D eigenvalue weighted by molar-refractivity contribution is -0.211. The molecule has 0 N–H and O–H groups in total. The average molecular weight is 545 g/mol. The van der Waals surface area contributed by atoms with Crippen LogP contribution in [-0.2, 0) is 35.5 Å². The Hall–Kier alpha value is -2.82. The number of pyridine rings is 1. The number of piperidine rings is 1. The maximum absolute atomic E-state index is 12.0. The topological polar surface area (TPSA) is 95.0 Å². The molecule has 0 unspecified atom stereocenters. The molecule has 196 valence electrons. The fourth-order valence-electron chi connectivity index (χ4n) is 4.14. The highest BCUT2D eigenvalue weighted by Crippen LogP contribution is 2.25. The fraction of sp³-hybridized carbons (Fsp3) is 0.333. The van der Waals surface area contributed by atoms with Crippen LogP contribution < -0.4 is 0 Å². The van der Waals surface area contributed by atoms with Gasteiger partial charge in [-0.3, -0.25) is 9.87 Å². The smallest absolute Gasteiger partial charge is 0.344 e. The van der Waals surface area contributed by atoms with E-state index >= 15 is 0 Å². The molecule has 1 fully saturated rings. The van der Waals surface area contributed by atoms with Crippen molar-refractivity contribution in [2.45, 2.75) is 43.3 Å². The molecule has 8 nitrogen and oxygen atoms in total. The maximum Gasteiger partial charge on any atom is 0.344 e. The van der Waals surface area contributed by atoms with Crippen LogP contribution >= 0.6 is 11.6 Å². The number of halogens is 1. The van der Waals surface area contributed by atoms with E-state index in [1.807, 2.05) is 36.4 Å². The van der Waals surface area contributed by atoms with Gasteiger partial charge < -0.3 is 9.64 Å². The van der Waals surface area contributed by atoms with E-state index in [2.05, 4.69) is 19.1 Å². The molecule has 0 amide bonds. The molecule has 2 aromatic carbocycles. The van der Waals surface area contributed by atoms with Crippen molar-refractivity contribution in [2.24, 2.45) is 0 Å². The van der Waals surface area contributed by atoms with Gasteiger partial charge in [-0.05, 0) is 66.0 Å². The molecule has 1 aromatic heterocycles. The van der Waals surface area contributed by atoms with Gasteiger partial charge in [0.2, 0.25) is 0 Å². The second-order valence-electron chi connectivity index (χ2n) is 8.75. The first-order valence-corrected chi connectivity index (χ1v) is 13.9. The average Bonchev–Trinajstić information content (AvgIpc) is 2.93. The van der Waals surface area contributed by atoms with Crippen molar-refractivity contribution in [3.05, 3.63) is 83.6 Å². The minimum atomic E-state index is -4.13. The third-order valence-corrected chi connectivity index (χ3v) is 7.49. The van der Waals surface area contributed by atoms with Crippen LogP contribution in [0.15, 0.2) is 77.8 Å². The van der Waals surface area contributed by atoms with E-state index in [0.717, 1.165) is 42.8 Å². The normalized spacial score (nSPS) is 14.9. The molecule has 1 aliphatic rings. The maximum atomic E-state index is 12.0. The number of benzene rings is 2. The van der Waals surface area contributed by atoms with Crippen molar-refractivity contribution in [3.63, 3.8) is 0 Å². The summed E-state index contributed by atoms with van der Waals surface area (Å²) in [5, 5.41) is 0.693. The zero-order valence-corrected chi connectivity index (χ0v) is 21.9. The summed E-state index contributed by atoms with van der Waals surface area (Å²) < 4.78 is 34.6. The van der Waals surface area contributed by atoms with E-state index in [1.165, 1.54) is 12.1 Å². The van der Waals surface area contributed by atoms with E-state index < -0.39 is 16.1 Å². The molecule has 1 aliphatic heterocycles. The zero-order valence-electron chi connectivity index (χ0n) is 20.3. The van der Waals surface area contributed by atoms with Gasteiger partial charge in [-0.15, -0.1) is 0 Å². The van der Waals surface area contributed by atoms with Crippen molar-refractivity contribution in [2.75, 3.05) is 19.6 Å². The molecular weight excluding hydrogens is 516 g/mol. The summed E-state index contributed by atoms with van der Waals surface area (Å²) in [7, 11) is -4.13. The first kappa shape index (κ1) is 27.2. The number of likely N-dealkylation sites (tertiary alicyclic amines) is 1. The summed E-state index contributed by atoms with van der Waals surface area (Å²) in [5.74, 6) is -0.718. The van der Waals surface area contributed by atoms with Gasteiger partial charge in [0.1, 0.15) is 0 Å². The Balaban J connectivity index is 1.15. The summed E-state index contributed by atoms with van der Waals surface area (Å²) in [5.41, 5.74) is 2.97. The molecule has 1 saturated heterocycles. The second kappa shape index (κ2) is 13.1. The third-order valence-electron chi connectivity index (χ3n) is 6.14. The Labute approximate surface area is 222 Å². The molecule has 3 aromatic rings. The van der Waals surface area contributed by atoms with Crippen LogP contribution in [0.1, 0.15) is 31.4 Å². The lowest BCUT2D eigenvalue weighted by Crippen LogP contribution is -2.37. The van der Waals surface area contributed by atoms with Crippen LogP contribution in [0.5, 0.6) is 0 Å². The van der Waals surface area contributed by atoms with E-state index in [0.29, 0.717) is 24.6 Å². The Bertz CT molecular complexity index is 1260. The summed E-state index contributed by atoms with van der Waals surface area (Å²) in [4.78, 5) is 23.1. The fourth-order valence-corrected chi connectivity index (χ4v) is 5.00. The Morgan fingerprint density at radius 1 is 1.00 bits per heavy atom. The van der Waals surface area contributed by atoms with Crippen LogP contribution in [0.25, 0.3) is 11.1 Å². The molecule has 0 atom stereocenters. The Morgan fingerprint density at radius 2 is 1.73 bits per heavy atom. The number of rotatable bonds is 11. The predicted octanol–water partition coefficient (Wildman–Crippen LogP) is 5.03. The van der Waals surface area contributed by atoms with Crippen LogP contribution in [0.4, 0.5) is 0 Å². The second-order valence-corrected chi connectivity index (χ2v) is 10.7. The van der Waals surface area contributed by atoms with Crippen LogP contribution in [0, 0.1) is 0 Å². The van der Waals surface area contributed by atoms with Crippen LogP contribution in [0.3, 0.4) is 0 Å². The minimum absolute atomic E-state index is 0.0634. The van der Waals surface area contributed by atoms with Crippen molar-refractivity contribution >= 4 is 27.7 Å². The lowest BCUT2D eigenvalue weighted by atomic mass is 10.0. The predicted molar refractivity (Wildman–Crippen MR) is 139 cm³/mol. The molecule has 0 radical (unpaired) electrons.